The molecule has 1 saturated carbocycles. The molecule has 2 atom stereocenters. The Hall–Kier alpha value is -1.15. The number of Topliss-reactive ketones (excluding diaryl/α,β-unsaturated/α-hetero) is 1. The molecule has 0 aromatic heterocycles. The van der Waals surface area contributed by atoms with Gasteiger partial charge >= 0.3 is 0 Å². The van der Waals surface area contributed by atoms with E-state index in [1.54, 1.807) is 0 Å². The first-order chi connectivity index (χ1) is 9.16. The molecule has 0 saturated heterocycles. The minimum Gasteiger partial charge on any atom is -0.367 e. The molecule has 2 heteroatoms. The summed E-state index contributed by atoms with van der Waals surface area (Å²) in [6, 6.07) is 9.99. The van der Waals surface area contributed by atoms with Gasteiger partial charge in [-0.25, -0.2) is 0 Å². The zero-order valence-electron chi connectivity index (χ0n) is 12.0. The molecule has 2 rings (SSSR count). The van der Waals surface area contributed by atoms with Gasteiger partial charge in [0.2, 0.25) is 0 Å². The van der Waals surface area contributed by atoms with Crippen LogP contribution >= 0.6 is 0 Å². The Morgan fingerprint density at radius 2 is 2.11 bits per heavy atom. The summed E-state index contributed by atoms with van der Waals surface area (Å²) < 4.78 is 5.93. The molecule has 2 unspecified atom stereocenters. The second-order valence-corrected chi connectivity index (χ2v) is 5.71. The van der Waals surface area contributed by atoms with Crippen LogP contribution in [0.5, 0.6) is 0 Å². The zero-order valence-corrected chi connectivity index (χ0v) is 12.0. The monoisotopic (exact) mass is 260 g/mol. The molecule has 1 aliphatic rings. The smallest absolute Gasteiger partial charge is 0.168 e. The maximum atomic E-state index is 12.7. The number of benzene rings is 1. The van der Waals surface area contributed by atoms with Crippen LogP contribution in [-0.4, -0.2) is 18.0 Å². The Morgan fingerprint density at radius 1 is 1.37 bits per heavy atom. The molecule has 2 nitrogen and oxygen atoms in total. The normalized spacial score (nSPS) is 27.2. The predicted molar refractivity (Wildman–Crippen MR) is 77.1 cm³/mol. The van der Waals surface area contributed by atoms with Crippen LogP contribution in [0.25, 0.3) is 0 Å². The fourth-order valence-electron chi connectivity index (χ4n) is 3.19. The van der Waals surface area contributed by atoms with E-state index in [1.165, 1.54) is 6.42 Å². The number of carbonyl (C=O) groups excluding carboxylic acids is 1. The van der Waals surface area contributed by atoms with Gasteiger partial charge in [-0.05, 0) is 37.7 Å². The predicted octanol–water partition coefficient (Wildman–Crippen LogP) is 3.78. The van der Waals surface area contributed by atoms with Gasteiger partial charge in [-0.2, -0.15) is 0 Å². The van der Waals surface area contributed by atoms with Gasteiger partial charge < -0.3 is 4.74 Å². The third kappa shape index (κ3) is 3.44. The Balaban J connectivity index is 2.12. The highest BCUT2D eigenvalue weighted by Crippen LogP contribution is 2.36. The quantitative estimate of drug-likeness (QED) is 0.805. The van der Waals surface area contributed by atoms with E-state index in [0.717, 1.165) is 24.8 Å². The van der Waals surface area contributed by atoms with E-state index in [1.807, 2.05) is 37.3 Å². The van der Waals surface area contributed by atoms with Crippen molar-refractivity contribution >= 4 is 5.78 Å². The lowest BCUT2D eigenvalue weighted by Crippen LogP contribution is -2.46. The van der Waals surface area contributed by atoms with E-state index in [4.69, 9.17) is 4.74 Å². The van der Waals surface area contributed by atoms with Gasteiger partial charge in [0.05, 0.1) is 0 Å². The molecule has 0 spiro atoms. The SMILES string of the molecule is CCOC1(C(=O)Cc2ccccc2)CCCC(C)C1. The van der Waals surface area contributed by atoms with Gasteiger partial charge in [0, 0.05) is 13.0 Å². The number of hydrogen-bond donors (Lipinski definition) is 0. The maximum Gasteiger partial charge on any atom is 0.168 e. The van der Waals surface area contributed by atoms with E-state index in [2.05, 4.69) is 6.92 Å². The summed E-state index contributed by atoms with van der Waals surface area (Å²) in [5.41, 5.74) is 0.562. The molecular formula is C17H24O2. The molecule has 1 aromatic carbocycles. The fraction of sp³-hybridized carbons (Fsp3) is 0.588. The topological polar surface area (TPSA) is 26.3 Å². The molecule has 0 heterocycles. The fourth-order valence-corrected chi connectivity index (χ4v) is 3.19. The van der Waals surface area contributed by atoms with Crippen molar-refractivity contribution in [1.82, 2.24) is 0 Å². The number of hydrogen-bond acceptors (Lipinski definition) is 2. The van der Waals surface area contributed by atoms with E-state index in [-0.39, 0.29) is 5.78 Å². The maximum absolute atomic E-state index is 12.7. The number of carbonyl (C=O) groups is 1. The second kappa shape index (κ2) is 6.33. The number of ketones is 1. The lowest BCUT2D eigenvalue weighted by molar-refractivity contribution is -0.150. The van der Waals surface area contributed by atoms with Crippen LogP contribution in [0.3, 0.4) is 0 Å². The molecule has 1 fully saturated rings. The molecule has 0 N–H and O–H groups in total. The first-order valence-corrected chi connectivity index (χ1v) is 7.37. The summed E-state index contributed by atoms with van der Waals surface area (Å²) >= 11 is 0. The van der Waals surface area contributed by atoms with Crippen molar-refractivity contribution in [3.05, 3.63) is 35.9 Å². The molecule has 104 valence electrons. The first kappa shape index (κ1) is 14.3. The van der Waals surface area contributed by atoms with Crippen LogP contribution < -0.4 is 0 Å². The van der Waals surface area contributed by atoms with E-state index in [0.29, 0.717) is 18.9 Å². The van der Waals surface area contributed by atoms with Gasteiger partial charge in [-0.3, -0.25) is 4.79 Å². The van der Waals surface area contributed by atoms with Crippen LogP contribution in [0.15, 0.2) is 30.3 Å². The summed E-state index contributed by atoms with van der Waals surface area (Å²) in [6.45, 7) is 4.83. The van der Waals surface area contributed by atoms with Gasteiger partial charge in [0.15, 0.2) is 5.78 Å². The molecule has 1 aliphatic carbocycles. The van der Waals surface area contributed by atoms with Crippen molar-refractivity contribution in [3.8, 4) is 0 Å². The van der Waals surface area contributed by atoms with Crippen molar-refractivity contribution in [3.63, 3.8) is 0 Å². The zero-order chi connectivity index (χ0) is 13.7. The summed E-state index contributed by atoms with van der Waals surface area (Å²) in [5.74, 6) is 0.840. The number of ether oxygens (including phenoxy) is 1. The van der Waals surface area contributed by atoms with Crippen molar-refractivity contribution < 1.29 is 9.53 Å². The van der Waals surface area contributed by atoms with Crippen molar-refractivity contribution in [2.75, 3.05) is 6.61 Å². The highest BCUT2D eigenvalue weighted by molar-refractivity contribution is 5.89. The van der Waals surface area contributed by atoms with Crippen LogP contribution in [0, 0.1) is 5.92 Å². The Morgan fingerprint density at radius 3 is 2.74 bits per heavy atom. The highest BCUT2D eigenvalue weighted by Gasteiger charge is 2.41. The molecular weight excluding hydrogens is 236 g/mol. The van der Waals surface area contributed by atoms with Crippen molar-refractivity contribution in [2.24, 2.45) is 5.92 Å². The van der Waals surface area contributed by atoms with E-state index >= 15 is 0 Å². The average molecular weight is 260 g/mol. The third-order valence-corrected chi connectivity index (χ3v) is 4.09. The van der Waals surface area contributed by atoms with Gasteiger partial charge in [0.1, 0.15) is 5.60 Å². The summed E-state index contributed by atoms with van der Waals surface area (Å²) in [5, 5.41) is 0. The Labute approximate surface area is 116 Å². The Bertz CT molecular complexity index is 409. The second-order valence-electron chi connectivity index (χ2n) is 5.71. The van der Waals surface area contributed by atoms with Gasteiger partial charge in [-0.15, -0.1) is 0 Å². The molecule has 1 aromatic rings. The average Bonchev–Trinajstić information content (AvgIpc) is 2.40. The lowest BCUT2D eigenvalue weighted by atomic mass is 9.75. The summed E-state index contributed by atoms with van der Waals surface area (Å²) in [4.78, 5) is 12.7. The molecule has 19 heavy (non-hydrogen) atoms. The number of rotatable bonds is 5. The first-order valence-electron chi connectivity index (χ1n) is 7.37. The lowest BCUT2D eigenvalue weighted by Gasteiger charge is -2.38. The van der Waals surface area contributed by atoms with Crippen molar-refractivity contribution in [1.29, 1.82) is 0 Å². The van der Waals surface area contributed by atoms with Gasteiger partial charge in [0.25, 0.3) is 0 Å². The van der Waals surface area contributed by atoms with Crippen molar-refractivity contribution in [2.45, 2.75) is 51.6 Å². The van der Waals surface area contributed by atoms with Crippen LogP contribution in [-0.2, 0) is 16.0 Å². The molecule has 0 bridgehead atoms. The Kier molecular flexibility index (Phi) is 4.76. The molecule has 0 amide bonds. The minimum atomic E-state index is -0.526. The molecule has 0 radical (unpaired) electrons. The molecule has 0 aliphatic heterocycles. The standard InChI is InChI=1S/C17H24O2/c1-3-19-17(11-7-8-14(2)13-17)16(18)12-15-9-5-4-6-10-15/h4-6,9-10,14H,3,7-8,11-13H2,1-2H3. The van der Waals surface area contributed by atoms with E-state index in [9.17, 15) is 4.79 Å². The minimum absolute atomic E-state index is 0.257. The van der Waals surface area contributed by atoms with E-state index < -0.39 is 5.60 Å². The van der Waals surface area contributed by atoms with Crippen LogP contribution in [0.1, 0.15) is 45.1 Å². The highest BCUT2D eigenvalue weighted by atomic mass is 16.5. The van der Waals surface area contributed by atoms with Crippen LogP contribution in [0.4, 0.5) is 0 Å². The summed E-state index contributed by atoms with van der Waals surface area (Å²) in [6.07, 6.45) is 4.58. The third-order valence-electron chi connectivity index (χ3n) is 4.09. The summed E-state index contributed by atoms with van der Waals surface area (Å²) in [7, 11) is 0. The largest absolute Gasteiger partial charge is 0.367 e. The van der Waals surface area contributed by atoms with Crippen LogP contribution in [0.2, 0.25) is 0 Å². The van der Waals surface area contributed by atoms with Gasteiger partial charge in [-0.1, -0.05) is 43.7 Å².